The lowest BCUT2D eigenvalue weighted by Gasteiger charge is -2.09. The maximum absolute atomic E-state index is 12.4. The topological polar surface area (TPSA) is 154 Å². The lowest BCUT2D eigenvalue weighted by molar-refractivity contribution is -0.133. The number of nitrogens with one attached hydrogen (secondary N) is 2. The lowest BCUT2D eigenvalue weighted by atomic mass is 10.0. The molecule has 2 heterocycles. The second-order valence-corrected chi connectivity index (χ2v) is 10.9. The normalized spacial score (nSPS) is 11.7. The van der Waals surface area contributed by atoms with Crippen LogP contribution in [0.15, 0.2) is 64.6 Å². The molecular formula is C24H23ClN4O6S2. The van der Waals surface area contributed by atoms with Crippen molar-refractivity contribution in [3.63, 3.8) is 0 Å². The fourth-order valence-electron chi connectivity index (χ4n) is 3.44. The number of rotatable bonds is 12. The average Bonchev–Trinajstić information content (AvgIpc) is 3.28. The van der Waals surface area contributed by atoms with E-state index in [0.717, 1.165) is 28.5 Å². The highest BCUT2D eigenvalue weighted by atomic mass is 35.5. The number of hydrogen-bond donors (Lipinski definition) is 4. The standard InChI is InChI=1S/C24H23ClN4O6S2/c25-19-13-20-23(29-24(27-20)36-14-21(31)32)28-22(19)17-3-1-15(2-4-17)16-5-7-18(8-6-16)37(33,34)26-9-11-35-12-10-30/h1-8,13,26,30H,9-12,14H2,(H,31,32)(H,27,28,29). The van der Waals surface area contributed by atoms with Gasteiger partial charge in [-0.2, -0.15) is 0 Å². The summed E-state index contributed by atoms with van der Waals surface area (Å²) in [6, 6.07) is 15.7. The quantitative estimate of drug-likeness (QED) is 0.150. The van der Waals surface area contributed by atoms with Gasteiger partial charge in [-0.05, 0) is 29.3 Å². The molecule has 0 fully saturated rings. The number of ether oxygens (including phenoxy) is 1. The van der Waals surface area contributed by atoms with Crippen LogP contribution in [-0.2, 0) is 19.6 Å². The number of carbonyl (C=O) groups is 1. The van der Waals surface area contributed by atoms with Gasteiger partial charge >= 0.3 is 5.97 Å². The molecule has 0 spiro atoms. The molecule has 2 aromatic heterocycles. The summed E-state index contributed by atoms with van der Waals surface area (Å²) < 4.78 is 32.4. The number of hydrogen-bond acceptors (Lipinski definition) is 8. The van der Waals surface area contributed by atoms with Gasteiger partial charge in [0.15, 0.2) is 10.8 Å². The number of halogens is 1. The number of carboxylic acid groups (broad SMARTS) is 1. The number of aliphatic carboxylic acids is 1. The van der Waals surface area contributed by atoms with Crippen LogP contribution in [0.3, 0.4) is 0 Å². The van der Waals surface area contributed by atoms with E-state index in [9.17, 15) is 13.2 Å². The van der Waals surface area contributed by atoms with Gasteiger partial charge in [-0.15, -0.1) is 0 Å². The Kier molecular flexibility index (Phi) is 8.79. The Hall–Kier alpha value is -3.00. The van der Waals surface area contributed by atoms with Gasteiger partial charge in [-0.3, -0.25) is 4.79 Å². The highest BCUT2D eigenvalue weighted by Gasteiger charge is 2.15. The first-order valence-corrected chi connectivity index (χ1v) is 13.9. The molecule has 0 aliphatic rings. The van der Waals surface area contributed by atoms with Crippen molar-refractivity contribution in [2.75, 3.05) is 32.1 Å². The van der Waals surface area contributed by atoms with Crippen LogP contribution in [0.25, 0.3) is 33.5 Å². The third kappa shape index (κ3) is 6.86. The summed E-state index contributed by atoms with van der Waals surface area (Å²) in [6.07, 6.45) is 0. The third-order valence-electron chi connectivity index (χ3n) is 5.17. The Balaban J connectivity index is 1.47. The molecule has 0 aliphatic carbocycles. The smallest absolute Gasteiger partial charge is 0.313 e. The molecule has 4 aromatic rings. The van der Waals surface area contributed by atoms with E-state index in [-0.39, 0.29) is 37.0 Å². The molecule has 4 rings (SSSR count). The van der Waals surface area contributed by atoms with Crippen molar-refractivity contribution in [2.45, 2.75) is 10.1 Å². The van der Waals surface area contributed by atoms with E-state index in [1.807, 2.05) is 24.3 Å². The van der Waals surface area contributed by atoms with Gasteiger partial charge in [0.1, 0.15) is 0 Å². The van der Waals surface area contributed by atoms with Crippen LogP contribution in [0.1, 0.15) is 0 Å². The number of pyridine rings is 1. The molecule has 10 nitrogen and oxygen atoms in total. The van der Waals surface area contributed by atoms with Crippen molar-refractivity contribution >= 4 is 50.5 Å². The number of H-pyrrole nitrogens is 1. The number of aliphatic hydroxyl groups is 1. The monoisotopic (exact) mass is 562 g/mol. The van der Waals surface area contributed by atoms with E-state index in [1.54, 1.807) is 18.2 Å². The zero-order valence-corrected chi connectivity index (χ0v) is 21.7. The molecule has 194 valence electrons. The Morgan fingerprint density at radius 3 is 2.32 bits per heavy atom. The van der Waals surface area contributed by atoms with Crippen molar-refractivity contribution in [3.05, 3.63) is 59.6 Å². The molecule has 0 saturated heterocycles. The van der Waals surface area contributed by atoms with Crippen LogP contribution >= 0.6 is 23.4 Å². The SMILES string of the molecule is O=C(O)CSc1nc2nc(-c3ccc(-c4ccc(S(=O)(=O)NCCOCCO)cc4)cc3)c(Cl)cc2[nH]1. The maximum Gasteiger partial charge on any atom is 0.313 e. The van der Waals surface area contributed by atoms with Crippen LogP contribution in [0.5, 0.6) is 0 Å². The number of nitrogens with zero attached hydrogens (tertiary/aromatic N) is 2. The minimum absolute atomic E-state index is 0.106. The first-order valence-electron chi connectivity index (χ1n) is 11.1. The number of imidazole rings is 1. The Labute approximate surface area is 222 Å². The largest absolute Gasteiger partial charge is 0.481 e. The van der Waals surface area contributed by atoms with Gasteiger partial charge in [-0.1, -0.05) is 59.8 Å². The molecule has 0 aliphatic heterocycles. The summed E-state index contributed by atoms with van der Waals surface area (Å²) in [4.78, 5) is 22.8. The first-order chi connectivity index (χ1) is 17.8. The zero-order chi connectivity index (χ0) is 26.4. The van der Waals surface area contributed by atoms with Gasteiger partial charge < -0.3 is 19.9 Å². The molecule has 0 radical (unpaired) electrons. The summed E-state index contributed by atoms with van der Waals surface area (Å²) in [6.45, 7) is 0.313. The summed E-state index contributed by atoms with van der Waals surface area (Å²) in [5.41, 5.74) is 4.06. The number of fused-ring (bicyclic) bond motifs is 1. The van der Waals surface area contributed by atoms with Crippen molar-refractivity contribution < 1.29 is 28.2 Å². The molecular weight excluding hydrogens is 540 g/mol. The van der Waals surface area contributed by atoms with Gasteiger partial charge in [0.05, 0.1) is 46.7 Å². The number of aromatic amines is 1. The fourth-order valence-corrected chi connectivity index (χ4v) is 5.31. The summed E-state index contributed by atoms with van der Waals surface area (Å²) in [5.74, 6) is -1.06. The molecule has 37 heavy (non-hydrogen) atoms. The van der Waals surface area contributed by atoms with E-state index in [4.69, 9.17) is 26.6 Å². The minimum atomic E-state index is -3.67. The zero-order valence-electron chi connectivity index (χ0n) is 19.3. The minimum Gasteiger partial charge on any atom is -0.481 e. The van der Waals surface area contributed by atoms with Gasteiger partial charge in [0, 0.05) is 12.1 Å². The molecule has 0 bridgehead atoms. The molecule has 0 atom stereocenters. The summed E-state index contributed by atoms with van der Waals surface area (Å²) in [7, 11) is -3.67. The van der Waals surface area contributed by atoms with Crippen LogP contribution in [-0.4, -0.2) is 71.7 Å². The highest BCUT2D eigenvalue weighted by molar-refractivity contribution is 7.99. The number of thioether (sulfide) groups is 1. The number of sulfonamides is 1. The molecule has 2 aromatic carbocycles. The van der Waals surface area contributed by atoms with Crippen molar-refractivity contribution in [1.82, 2.24) is 19.7 Å². The Bertz CT molecular complexity index is 1490. The third-order valence-corrected chi connectivity index (χ3v) is 7.79. The number of carboxylic acids is 1. The van der Waals surface area contributed by atoms with Crippen molar-refractivity contribution in [3.8, 4) is 22.4 Å². The second-order valence-electron chi connectivity index (χ2n) is 7.75. The molecule has 0 amide bonds. The average molecular weight is 563 g/mol. The molecule has 0 unspecified atom stereocenters. The van der Waals surface area contributed by atoms with Crippen LogP contribution in [0.2, 0.25) is 5.02 Å². The fraction of sp³-hybridized carbons (Fsp3) is 0.208. The van der Waals surface area contributed by atoms with E-state index >= 15 is 0 Å². The maximum atomic E-state index is 12.4. The van der Waals surface area contributed by atoms with Crippen LogP contribution in [0.4, 0.5) is 0 Å². The van der Waals surface area contributed by atoms with Gasteiger partial charge in [-0.25, -0.2) is 23.1 Å². The van der Waals surface area contributed by atoms with Gasteiger partial charge in [0.25, 0.3) is 0 Å². The number of aromatic nitrogens is 3. The Morgan fingerprint density at radius 2 is 1.68 bits per heavy atom. The van der Waals surface area contributed by atoms with E-state index in [2.05, 4.69) is 19.7 Å². The predicted molar refractivity (Wildman–Crippen MR) is 141 cm³/mol. The van der Waals surface area contributed by atoms with E-state index in [1.165, 1.54) is 12.1 Å². The lowest BCUT2D eigenvalue weighted by Crippen LogP contribution is -2.27. The molecule has 0 saturated carbocycles. The second kappa shape index (κ2) is 12.0. The van der Waals surface area contributed by atoms with Crippen LogP contribution < -0.4 is 4.72 Å². The summed E-state index contributed by atoms with van der Waals surface area (Å²) >= 11 is 7.53. The molecule has 13 heteroatoms. The molecule has 4 N–H and O–H groups in total. The highest BCUT2D eigenvalue weighted by Crippen LogP contribution is 2.31. The van der Waals surface area contributed by atoms with Crippen molar-refractivity contribution in [1.29, 1.82) is 0 Å². The first kappa shape index (κ1) is 27.0. The number of benzene rings is 2. The van der Waals surface area contributed by atoms with Gasteiger partial charge in [0.2, 0.25) is 10.0 Å². The number of aliphatic hydroxyl groups excluding tert-OH is 1. The van der Waals surface area contributed by atoms with Crippen LogP contribution in [0, 0.1) is 0 Å². The Morgan fingerprint density at radius 1 is 1.03 bits per heavy atom. The predicted octanol–water partition coefficient (Wildman–Crippen LogP) is 3.41. The van der Waals surface area contributed by atoms with E-state index in [0.29, 0.717) is 27.0 Å². The van der Waals surface area contributed by atoms with E-state index < -0.39 is 16.0 Å². The van der Waals surface area contributed by atoms with Crippen molar-refractivity contribution in [2.24, 2.45) is 0 Å². The summed E-state index contributed by atoms with van der Waals surface area (Å²) in [5, 5.41) is 18.4.